The average molecular weight is 254 g/mol. The topological polar surface area (TPSA) is 50.8 Å². The summed E-state index contributed by atoms with van der Waals surface area (Å²) in [6, 6.07) is -0.0170. The summed E-state index contributed by atoms with van der Waals surface area (Å²) in [5, 5.41) is 2.76. The van der Waals surface area contributed by atoms with E-state index in [1.807, 2.05) is 26.0 Å². The van der Waals surface area contributed by atoms with E-state index >= 15 is 0 Å². The van der Waals surface area contributed by atoms with Crippen LogP contribution in [0.3, 0.4) is 0 Å². The van der Waals surface area contributed by atoms with Crippen molar-refractivity contribution in [1.82, 2.24) is 10.2 Å². The Balaban J connectivity index is 2.40. The number of hydrogen-bond donors (Lipinski definition) is 1. The molecular formula is C13H22N2O3. The molecule has 0 aromatic carbocycles. The van der Waals surface area contributed by atoms with Gasteiger partial charge in [0.2, 0.25) is 0 Å². The maximum atomic E-state index is 11.3. The molecule has 0 aromatic heterocycles. The quantitative estimate of drug-likeness (QED) is 0.557. The number of methoxy groups -OCH3 is 1. The van der Waals surface area contributed by atoms with Gasteiger partial charge in [0.05, 0.1) is 13.7 Å². The van der Waals surface area contributed by atoms with Crippen LogP contribution in [0.1, 0.15) is 20.3 Å². The van der Waals surface area contributed by atoms with Crippen LogP contribution >= 0.6 is 0 Å². The zero-order valence-electron chi connectivity index (χ0n) is 11.4. The summed E-state index contributed by atoms with van der Waals surface area (Å²) in [5.74, 6) is 1.46. The van der Waals surface area contributed by atoms with Crippen LogP contribution in [0, 0.1) is 0 Å². The second kappa shape index (κ2) is 7.63. The minimum Gasteiger partial charge on any atom is -0.493 e. The van der Waals surface area contributed by atoms with E-state index in [1.54, 1.807) is 12.0 Å². The van der Waals surface area contributed by atoms with E-state index in [-0.39, 0.29) is 6.03 Å². The van der Waals surface area contributed by atoms with Crippen LogP contribution in [-0.4, -0.2) is 44.3 Å². The third kappa shape index (κ3) is 3.98. The fourth-order valence-electron chi connectivity index (χ4n) is 1.76. The first-order valence-corrected chi connectivity index (χ1v) is 6.29. The van der Waals surface area contributed by atoms with Gasteiger partial charge < -0.3 is 19.7 Å². The monoisotopic (exact) mass is 254 g/mol. The van der Waals surface area contributed by atoms with Crippen LogP contribution < -0.4 is 5.32 Å². The lowest BCUT2D eigenvalue weighted by Gasteiger charge is -2.17. The highest BCUT2D eigenvalue weighted by molar-refractivity contribution is 5.76. The number of urea groups is 1. The molecule has 1 aliphatic heterocycles. The summed E-state index contributed by atoms with van der Waals surface area (Å²) in [6.07, 6.45) is 4.73. The van der Waals surface area contributed by atoms with Crippen molar-refractivity contribution < 1.29 is 14.3 Å². The van der Waals surface area contributed by atoms with Crippen molar-refractivity contribution in [2.75, 3.05) is 33.4 Å². The highest BCUT2D eigenvalue weighted by atomic mass is 16.5. The Morgan fingerprint density at radius 3 is 2.78 bits per heavy atom. The number of nitrogens with one attached hydrogen (secondary N) is 1. The average Bonchev–Trinajstić information content (AvgIpc) is 2.78. The van der Waals surface area contributed by atoms with Gasteiger partial charge in [0.25, 0.3) is 0 Å². The van der Waals surface area contributed by atoms with Crippen LogP contribution in [0.5, 0.6) is 0 Å². The Kier molecular flexibility index (Phi) is 6.11. The van der Waals surface area contributed by atoms with Crippen LogP contribution in [0.15, 0.2) is 23.7 Å². The Morgan fingerprint density at radius 1 is 1.50 bits per heavy atom. The molecule has 0 bridgehead atoms. The lowest BCUT2D eigenvalue weighted by molar-refractivity contribution is 0.152. The molecule has 1 N–H and O–H groups in total. The van der Waals surface area contributed by atoms with Gasteiger partial charge in [0, 0.05) is 13.1 Å². The molecule has 0 atom stereocenters. The smallest absolute Gasteiger partial charge is 0.317 e. The molecule has 2 amide bonds. The molecular weight excluding hydrogens is 232 g/mol. The number of hydrogen-bond acceptors (Lipinski definition) is 3. The highest BCUT2D eigenvalue weighted by Gasteiger charge is 2.19. The normalized spacial score (nSPS) is 16.8. The first-order chi connectivity index (χ1) is 8.72. The van der Waals surface area contributed by atoms with Gasteiger partial charge >= 0.3 is 6.03 Å². The van der Waals surface area contributed by atoms with Crippen LogP contribution in [0.4, 0.5) is 4.79 Å². The third-order valence-corrected chi connectivity index (χ3v) is 2.68. The second-order valence-corrected chi connectivity index (χ2v) is 3.90. The molecule has 5 heteroatoms. The van der Waals surface area contributed by atoms with Gasteiger partial charge in [-0.25, -0.2) is 4.79 Å². The van der Waals surface area contributed by atoms with E-state index < -0.39 is 0 Å². The van der Waals surface area contributed by atoms with E-state index in [1.165, 1.54) is 0 Å². The van der Waals surface area contributed by atoms with Gasteiger partial charge in [-0.2, -0.15) is 0 Å². The molecule has 1 saturated heterocycles. The Bertz CT molecular complexity index is 337. The van der Waals surface area contributed by atoms with Crippen molar-refractivity contribution in [1.29, 1.82) is 0 Å². The first kappa shape index (κ1) is 14.4. The molecule has 0 radical (unpaired) electrons. The molecule has 0 saturated carbocycles. The number of rotatable bonds is 7. The number of ether oxygens (including phenoxy) is 2. The zero-order chi connectivity index (χ0) is 13.4. The minimum absolute atomic E-state index is 0.0170. The van der Waals surface area contributed by atoms with E-state index in [2.05, 4.69) is 5.32 Å². The number of nitrogens with zero attached hydrogens (tertiary/aromatic N) is 1. The number of allylic oxidation sites excluding steroid dienone is 2. The Hall–Kier alpha value is -1.65. The van der Waals surface area contributed by atoms with Crippen molar-refractivity contribution in [2.24, 2.45) is 0 Å². The minimum atomic E-state index is -0.0170. The lowest BCUT2D eigenvalue weighted by atomic mass is 10.3. The molecule has 0 unspecified atom stereocenters. The molecule has 102 valence electrons. The van der Waals surface area contributed by atoms with E-state index in [0.29, 0.717) is 19.7 Å². The molecule has 1 fully saturated rings. The molecule has 1 rings (SSSR count). The molecule has 1 aliphatic rings. The molecule has 0 aromatic rings. The third-order valence-electron chi connectivity index (χ3n) is 2.68. The summed E-state index contributed by atoms with van der Waals surface area (Å²) in [7, 11) is 1.63. The van der Waals surface area contributed by atoms with Crippen molar-refractivity contribution in [3.63, 3.8) is 0 Å². The van der Waals surface area contributed by atoms with Crippen molar-refractivity contribution in [2.45, 2.75) is 20.3 Å². The second-order valence-electron chi connectivity index (χ2n) is 3.90. The van der Waals surface area contributed by atoms with Gasteiger partial charge in [-0.3, -0.25) is 0 Å². The standard InChI is InChI=1S/C13H22N2O3/c1-4-6-12(17-3)11(5-2)18-10-9-15-8-7-14-13(15)16/h5-6H,4,7-10H2,1-3H3,(H,14,16)/b11-5+,12-6+. The van der Waals surface area contributed by atoms with Crippen molar-refractivity contribution in [3.8, 4) is 0 Å². The zero-order valence-corrected chi connectivity index (χ0v) is 11.4. The van der Waals surface area contributed by atoms with Crippen molar-refractivity contribution >= 4 is 6.03 Å². The van der Waals surface area contributed by atoms with E-state index in [9.17, 15) is 4.79 Å². The van der Waals surface area contributed by atoms with Crippen LogP contribution in [-0.2, 0) is 9.47 Å². The van der Waals surface area contributed by atoms with Gasteiger partial charge in [0.15, 0.2) is 11.5 Å². The predicted molar refractivity (Wildman–Crippen MR) is 70.1 cm³/mol. The number of carbonyl (C=O) groups excluding carboxylic acids is 1. The molecule has 5 nitrogen and oxygen atoms in total. The fraction of sp³-hybridized carbons (Fsp3) is 0.615. The highest BCUT2D eigenvalue weighted by Crippen LogP contribution is 2.13. The first-order valence-electron chi connectivity index (χ1n) is 6.29. The van der Waals surface area contributed by atoms with Gasteiger partial charge in [-0.05, 0) is 25.5 Å². The molecule has 0 aliphatic carbocycles. The molecule has 18 heavy (non-hydrogen) atoms. The lowest BCUT2D eigenvalue weighted by Crippen LogP contribution is -2.31. The molecule has 1 heterocycles. The largest absolute Gasteiger partial charge is 0.493 e. The summed E-state index contributed by atoms with van der Waals surface area (Å²) in [4.78, 5) is 13.1. The summed E-state index contributed by atoms with van der Waals surface area (Å²) in [6.45, 7) is 6.47. The SMILES string of the molecule is C/C=C(OCCN1CCNC1=O)\C(=C/CC)OC. The van der Waals surface area contributed by atoms with Crippen LogP contribution in [0.2, 0.25) is 0 Å². The van der Waals surface area contributed by atoms with Crippen LogP contribution in [0.25, 0.3) is 0 Å². The summed E-state index contributed by atoms with van der Waals surface area (Å²) in [5.41, 5.74) is 0. The van der Waals surface area contributed by atoms with Crippen molar-refractivity contribution in [3.05, 3.63) is 23.7 Å². The van der Waals surface area contributed by atoms with E-state index in [4.69, 9.17) is 9.47 Å². The molecule has 0 spiro atoms. The maximum Gasteiger partial charge on any atom is 0.317 e. The summed E-state index contributed by atoms with van der Waals surface area (Å²) < 4.78 is 10.9. The Morgan fingerprint density at radius 2 is 2.28 bits per heavy atom. The van der Waals surface area contributed by atoms with E-state index in [0.717, 1.165) is 24.5 Å². The fourth-order valence-corrected chi connectivity index (χ4v) is 1.76. The summed E-state index contributed by atoms with van der Waals surface area (Å²) >= 11 is 0. The van der Waals surface area contributed by atoms with Gasteiger partial charge in [0.1, 0.15) is 6.61 Å². The number of amides is 2. The van der Waals surface area contributed by atoms with Gasteiger partial charge in [-0.15, -0.1) is 0 Å². The number of carbonyl (C=O) groups is 1. The maximum absolute atomic E-state index is 11.3. The predicted octanol–water partition coefficient (Wildman–Crippen LogP) is 1.87. The van der Waals surface area contributed by atoms with Gasteiger partial charge in [-0.1, -0.05) is 6.92 Å². The Labute approximate surface area is 108 Å².